The van der Waals surface area contributed by atoms with E-state index in [0.717, 1.165) is 24.9 Å². The average molecular weight is 281 g/mol. The number of hydrogen-bond acceptors (Lipinski definition) is 3. The number of para-hydroxylation sites is 1. The summed E-state index contributed by atoms with van der Waals surface area (Å²) in [5.41, 5.74) is 2.72. The van der Waals surface area contributed by atoms with Gasteiger partial charge in [-0.05, 0) is 24.5 Å². The van der Waals surface area contributed by atoms with E-state index in [-0.39, 0.29) is 17.5 Å². The van der Waals surface area contributed by atoms with Gasteiger partial charge in [-0.25, -0.2) is 0 Å². The van der Waals surface area contributed by atoms with Gasteiger partial charge in [0.2, 0.25) is 0 Å². The van der Waals surface area contributed by atoms with E-state index in [0.29, 0.717) is 24.3 Å². The molecule has 2 aromatic rings. The molecule has 0 fully saturated rings. The van der Waals surface area contributed by atoms with E-state index in [1.165, 1.54) is 5.56 Å². The van der Waals surface area contributed by atoms with Gasteiger partial charge in [-0.2, -0.15) is 0 Å². The molecule has 21 heavy (non-hydrogen) atoms. The maximum Gasteiger partial charge on any atom is 0.294 e. The van der Waals surface area contributed by atoms with Crippen LogP contribution in [-0.4, -0.2) is 18.2 Å². The van der Waals surface area contributed by atoms with Crippen molar-refractivity contribution in [2.75, 3.05) is 11.4 Å². The van der Waals surface area contributed by atoms with Crippen LogP contribution in [0.25, 0.3) is 0 Å². The molecule has 1 aliphatic heterocycles. The van der Waals surface area contributed by atoms with Crippen molar-refractivity contribution >= 4 is 17.4 Å². The number of rotatable bonds is 1. The zero-order chi connectivity index (χ0) is 14.4. The highest BCUT2D eigenvalue weighted by atomic mass is 16.4. The van der Waals surface area contributed by atoms with E-state index in [1.54, 1.807) is 11.0 Å². The molecule has 0 unspecified atom stereocenters. The second-order valence-electron chi connectivity index (χ2n) is 5.56. The Hall–Kier alpha value is -2.36. The van der Waals surface area contributed by atoms with Crippen LogP contribution in [0.4, 0.5) is 5.69 Å². The Kier molecular flexibility index (Phi) is 2.70. The van der Waals surface area contributed by atoms with Gasteiger partial charge in [0.25, 0.3) is 5.91 Å². The molecule has 2 aliphatic rings. The third kappa shape index (κ3) is 1.90. The number of amides is 1. The highest BCUT2D eigenvalue weighted by molar-refractivity contribution is 6.07. The third-order valence-corrected chi connectivity index (χ3v) is 4.26. The Morgan fingerprint density at radius 2 is 2.00 bits per heavy atom. The number of nitrogens with zero attached hydrogens (tertiary/aromatic N) is 1. The molecule has 0 saturated heterocycles. The summed E-state index contributed by atoms with van der Waals surface area (Å²) >= 11 is 0. The molecule has 0 spiro atoms. The smallest absolute Gasteiger partial charge is 0.294 e. The molecule has 1 aromatic heterocycles. The first-order valence-corrected chi connectivity index (χ1v) is 7.30. The molecule has 0 bridgehead atoms. The van der Waals surface area contributed by atoms with Crippen LogP contribution in [-0.2, 0) is 12.8 Å². The third-order valence-electron chi connectivity index (χ3n) is 4.26. The molecule has 4 rings (SSSR count). The first kappa shape index (κ1) is 12.4. The zero-order valence-corrected chi connectivity index (χ0v) is 11.6. The highest BCUT2D eigenvalue weighted by Crippen LogP contribution is 2.31. The molecular formula is C17H15NO3. The molecule has 0 saturated carbocycles. The number of fused-ring (bicyclic) bond motifs is 2. The van der Waals surface area contributed by atoms with Crippen LogP contribution in [0.2, 0.25) is 0 Å². The Balaban J connectivity index is 1.69. The van der Waals surface area contributed by atoms with Crippen LogP contribution in [0, 0.1) is 0 Å². The molecule has 2 heterocycles. The number of aryl methyl sites for hydroxylation is 1. The number of carbonyl (C=O) groups is 2. The number of anilines is 1. The van der Waals surface area contributed by atoms with Crippen molar-refractivity contribution < 1.29 is 14.0 Å². The fourth-order valence-corrected chi connectivity index (χ4v) is 3.18. The lowest BCUT2D eigenvalue weighted by Gasteiger charge is -2.15. The SMILES string of the molecule is O=C1CCCc2oc(C(=O)N3CCc4ccccc43)cc21. The van der Waals surface area contributed by atoms with E-state index < -0.39 is 0 Å². The van der Waals surface area contributed by atoms with Crippen molar-refractivity contribution in [2.24, 2.45) is 0 Å². The Morgan fingerprint density at radius 1 is 1.14 bits per heavy atom. The molecule has 1 amide bonds. The second kappa shape index (κ2) is 4.58. The number of carbonyl (C=O) groups excluding carboxylic acids is 2. The Bertz CT molecular complexity index is 744. The predicted molar refractivity (Wildman–Crippen MR) is 77.8 cm³/mol. The lowest BCUT2D eigenvalue weighted by molar-refractivity contribution is 0.0950. The summed E-state index contributed by atoms with van der Waals surface area (Å²) in [6, 6.07) is 9.53. The standard InChI is InChI=1S/C17H15NO3/c19-14-6-3-7-15-12(14)10-16(21-15)17(20)18-9-8-11-4-1-2-5-13(11)18/h1-2,4-5,10H,3,6-9H2. The fourth-order valence-electron chi connectivity index (χ4n) is 3.18. The van der Waals surface area contributed by atoms with Crippen molar-refractivity contribution in [2.45, 2.75) is 25.7 Å². The molecule has 1 aromatic carbocycles. The molecule has 106 valence electrons. The van der Waals surface area contributed by atoms with Gasteiger partial charge in [0.05, 0.1) is 5.56 Å². The van der Waals surface area contributed by atoms with Crippen LogP contribution >= 0.6 is 0 Å². The molecule has 4 heteroatoms. The van der Waals surface area contributed by atoms with E-state index in [1.807, 2.05) is 24.3 Å². The van der Waals surface area contributed by atoms with Gasteiger partial charge in [0, 0.05) is 31.1 Å². The van der Waals surface area contributed by atoms with Crippen LogP contribution in [0.1, 0.15) is 45.1 Å². The van der Waals surface area contributed by atoms with E-state index >= 15 is 0 Å². The normalized spacial score (nSPS) is 16.8. The first-order chi connectivity index (χ1) is 10.2. The zero-order valence-electron chi connectivity index (χ0n) is 11.6. The van der Waals surface area contributed by atoms with Gasteiger partial charge in [0.1, 0.15) is 5.76 Å². The van der Waals surface area contributed by atoms with Crippen molar-refractivity contribution in [3.05, 3.63) is 53.0 Å². The maximum atomic E-state index is 12.7. The van der Waals surface area contributed by atoms with Gasteiger partial charge in [0.15, 0.2) is 11.5 Å². The van der Waals surface area contributed by atoms with Crippen molar-refractivity contribution in [3.63, 3.8) is 0 Å². The molecule has 0 radical (unpaired) electrons. The monoisotopic (exact) mass is 281 g/mol. The summed E-state index contributed by atoms with van der Waals surface area (Å²) in [7, 11) is 0. The van der Waals surface area contributed by atoms with E-state index in [4.69, 9.17) is 4.42 Å². The van der Waals surface area contributed by atoms with Gasteiger partial charge in [-0.3, -0.25) is 9.59 Å². The lowest BCUT2D eigenvalue weighted by atomic mass is 9.97. The highest BCUT2D eigenvalue weighted by Gasteiger charge is 2.30. The summed E-state index contributed by atoms with van der Waals surface area (Å²) in [4.78, 5) is 26.3. The largest absolute Gasteiger partial charge is 0.455 e. The quantitative estimate of drug-likeness (QED) is 0.807. The summed E-state index contributed by atoms with van der Waals surface area (Å²) in [6.45, 7) is 0.664. The van der Waals surface area contributed by atoms with Gasteiger partial charge in [-0.15, -0.1) is 0 Å². The number of benzene rings is 1. The van der Waals surface area contributed by atoms with Gasteiger partial charge >= 0.3 is 0 Å². The molecule has 0 atom stereocenters. The Morgan fingerprint density at radius 3 is 2.86 bits per heavy atom. The van der Waals surface area contributed by atoms with Crippen molar-refractivity contribution in [1.29, 1.82) is 0 Å². The molecule has 1 aliphatic carbocycles. The number of hydrogen-bond donors (Lipinski definition) is 0. The maximum absolute atomic E-state index is 12.7. The minimum atomic E-state index is -0.151. The van der Waals surface area contributed by atoms with Gasteiger partial charge in [-0.1, -0.05) is 18.2 Å². The van der Waals surface area contributed by atoms with E-state index in [2.05, 4.69) is 0 Å². The predicted octanol–water partition coefficient (Wildman–Crippen LogP) is 3.00. The first-order valence-electron chi connectivity index (χ1n) is 7.30. The topological polar surface area (TPSA) is 50.5 Å². The van der Waals surface area contributed by atoms with Crippen LogP contribution in [0.3, 0.4) is 0 Å². The fraction of sp³-hybridized carbons (Fsp3) is 0.294. The lowest BCUT2D eigenvalue weighted by Crippen LogP contribution is -2.28. The van der Waals surface area contributed by atoms with Gasteiger partial charge < -0.3 is 9.32 Å². The number of furan rings is 1. The van der Waals surface area contributed by atoms with Crippen LogP contribution < -0.4 is 4.90 Å². The van der Waals surface area contributed by atoms with Crippen molar-refractivity contribution in [3.8, 4) is 0 Å². The van der Waals surface area contributed by atoms with E-state index in [9.17, 15) is 9.59 Å². The molecular weight excluding hydrogens is 266 g/mol. The second-order valence-corrected chi connectivity index (χ2v) is 5.56. The van der Waals surface area contributed by atoms with Crippen LogP contribution in [0.5, 0.6) is 0 Å². The molecule has 4 nitrogen and oxygen atoms in total. The molecule has 0 N–H and O–H groups in total. The summed E-state index contributed by atoms with van der Waals surface area (Å²) in [5, 5.41) is 0. The number of Topliss-reactive ketones (excluding diaryl/α,β-unsaturated/α-hetero) is 1. The summed E-state index contributed by atoms with van der Waals surface area (Å²) in [6.07, 6.45) is 2.96. The minimum absolute atomic E-state index is 0.0841. The summed E-state index contributed by atoms with van der Waals surface area (Å²) < 4.78 is 5.65. The average Bonchev–Trinajstić information content (AvgIpc) is 3.11. The Labute approximate surface area is 122 Å². The number of ketones is 1. The van der Waals surface area contributed by atoms with Crippen molar-refractivity contribution in [1.82, 2.24) is 0 Å². The minimum Gasteiger partial charge on any atom is -0.455 e. The van der Waals surface area contributed by atoms with Crippen LogP contribution in [0.15, 0.2) is 34.7 Å². The summed E-state index contributed by atoms with van der Waals surface area (Å²) in [5.74, 6) is 0.886.